The van der Waals surface area contributed by atoms with Gasteiger partial charge in [0, 0.05) is 9.13 Å². The second kappa shape index (κ2) is 6.07. The van der Waals surface area contributed by atoms with E-state index in [1.165, 1.54) is 0 Å². The van der Waals surface area contributed by atoms with Gasteiger partial charge in [-0.1, -0.05) is 11.6 Å². The van der Waals surface area contributed by atoms with Gasteiger partial charge in [0.15, 0.2) is 17.6 Å². The Balaban J connectivity index is 1.81. The normalized spacial score (nSPS) is 11.1. The van der Waals surface area contributed by atoms with Gasteiger partial charge < -0.3 is 8.83 Å². The quantitative estimate of drug-likeness (QED) is 0.292. The summed E-state index contributed by atoms with van der Waals surface area (Å²) < 4.78 is 12.3. The number of halogens is 2. The van der Waals surface area contributed by atoms with Crippen LogP contribution in [0.3, 0.4) is 0 Å². The molecule has 24 heavy (non-hydrogen) atoms. The van der Waals surface area contributed by atoms with Gasteiger partial charge in [-0.3, -0.25) is 4.79 Å². The number of aldehydes is 1. The maximum atomic E-state index is 10.7. The summed E-state index contributed by atoms with van der Waals surface area (Å²) >= 11 is 8.47. The van der Waals surface area contributed by atoms with Crippen molar-refractivity contribution in [2.75, 3.05) is 0 Å². The maximum Gasteiger partial charge on any atom is 0.228 e. The third kappa shape index (κ3) is 2.74. The Hall–Kier alpha value is -2.12. The lowest BCUT2D eigenvalue weighted by Crippen LogP contribution is -1.81. The third-order valence-electron chi connectivity index (χ3n) is 3.57. The average Bonchev–Trinajstić information content (AvgIpc) is 3.22. The molecule has 2 aromatic heterocycles. The molecule has 2 heterocycles. The van der Waals surface area contributed by atoms with E-state index in [9.17, 15) is 4.79 Å². The number of carbonyl (C=O) groups excluding carboxylic acids is 1. The van der Waals surface area contributed by atoms with Gasteiger partial charge in [0.1, 0.15) is 11.3 Å². The molecule has 0 aliphatic carbocycles. The van der Waals surface area contributed by atoms with Crippen molar-refractivity contribution in [1.82, 2.24) is 4.98 Å². The van der Waals surface area contributed by atoms with Crippen LogP contribution >= 0.6 is 34.2 Å². The topological polar surface area (TPSA) is 56.2 Å². The number of fused-ring (bicyclic) bond motifs is 1. The van der Waals surface area contributed by atoms with Crippen LogP contribution in [0.4, 0.5) is 0 Å². The van der Waals surface area contributed by atoms with E-state index in [1.54, 1.807) is 12.1 Å². The van der Waals surface area contributed by atoms with E-state index < -0.39 is 0 Å². The van der Waals surface area contributed by atoms with Crippen molar-refractivity contribution in [2.24, 2.45) is 0 Å². The molecule has 0 aliphatic heterocycles. The second-order valence-electron chi connectivity index (χ2n) is 5.15. The minimum absolute atomic E-state index is 0.289. The first-order valence-electron chi connectivity index (χ1n) is 7.05. The molecule has 0 fully saturated rings. The molecule has 0 N–H and O–H groups in total. The fraction of sp³-hybridized carbons (Fsp3) is 0. The summed E-state index contributed by atoms with van der Waals surface area (Å²) in [5, 5.41) is 0.587. The number of nitrogens with zero attached hydrogens (tertiary/aromatic N) is 1. The van der Waals surface area contributed by atoms with Gasteiger partial charge in [-0.2, -0.15) is 0 Å². The molecule has 0 amide bonds. The van der Waals surface area contributed by atoms with Crippen molar-refractivity contribution in [2.45, 2.75) is 0 Å². The molecule has 4 aromatic rings. The third-order valence-corrected chi connectivity index (χ3v) is 4.57. The van der Waals surface area contributed by atoms with Crippen molar-refractivity contribution in [3.63, 3.8) is 0 Å². The average molecular weight is 450 g/mol. The Morgan fingerprint density at radius 1 is 1.04 bits per heavy atom. The van der Waals surface area contributed by atoms with Gasteiger partial charge in [0.2, 0.25) is 5.89 Å². The second-order valence-corrected chi connectivity index (χ2v) is 6.80. The predicted molar refractivity (Wildman–Crippen MR) is 100 cm³/mol. The summed E-state index contributed by atoms with van der Waals surface area (Å²) in [5.74, 6) is 1.37. The molecule has 0 spiro atoms. The highest BCUT2D eigenvalue weighted by atomic mass is 127. The Kier molecular flexibility index (Phi) is 3.90. The fourth-order valence-corrected chi connectivity index (χ4v) is 3.12. The molecule has 0 unspecified atom stereocenters. The van der Waals surface area contributed by atoms with E-state index in [4.69, 9.17) is 20.4 Å². The zero-order valence-corrected chi connectivity index (χ0v) is 15.0. The van der Waals surface area contributed by atoms with Crippen LogP contribution in [0.25, 0.3) is 33.9 Å². The number of hydrogen-bond donors (Lipinski definition) is 0. The SMILES string of the molecule is O=Cc1ccc(-c2ccc3oc(-c4cc(I)ccc4Cl)nc3c2)o1. The maximum absolute atomic E-state index is 10.7. The Morgan fingerprint density at radius 3 is 2.71 bits per heavy atom. The van der Waals surface area contributed by atoms with Crippen LogP contribution in [0, 0.1) is 3.57 Å². The van der Waals surface area contributed by atoms with Gasteiger partial charge in [-0.25, -0.2) is 4.98 Å². The van der Waals surface area contributed by atoms with Gasteiger partial charge in [0.25, 0.3) is 0 Å². The highest BCUT2D eigenvalue weighted by Gasteiger charge is 2.14. The molecule has 118 valence electrons. The molecule has 0 atom stereocenters. The van der Waals surface area contributed by atoms with Crippen molar-refractivity contribution >= 4 is 51.6 Å². The van der Waals surface area contributed by atoms with Crippen molar-refractivity contribution < 1.29 is 13.6 Å². The van der Waals surface area contributed by atoms with Crippen LogP contribution in [0.5, 0.6) is 0 Å². The largest absolute Gasteiger partial charge is 0.453 e. The van der Waals surface area contributed by atoms with E-state index >= 15 is 0 Å². The van der Waals surface area contributed by atoms with E-state index in [0.29, 0.717) is 34.1 Å². The van der Waals surface area contributed by atoms with Gasteiger partial charge in [-0.05, 0) is 71.1 Å². The lowest BCUT2D eigenvalue weighted by molar-refractivity contribution is 0.110. The standard InChI is InChI=1S/C18H9ClINO3/c19-14-4-2-11(20)8-13(14)18-21-15-7-10(1-5-17(15)24-18)16-6-3-12(9-22)23-16/h1-9H. The summed E-state index contributed by atoms with van der Waals surface area (Å²) in [5.41, 5.74) is 2.93. The molecular formula is C18H9ClINO3. The van der Waals surface area contributed by atoms with E-state index in [0.717, 1.165) is 14.7 Å². The Labute approximate surface area is 155 Å². The molecule has 6 heteroatoms. The van der Waals surface area contributed by atoms with Crippen LogP contribution in [0.2, 0.25) is 5.02 Å². The summed E-state index contributed by atoms with van der Waals surface area (Å²) in [6, 6.07) is 14.6. The van der Waals surface area contributed by atoms with Gasteiger partial charge in [-0.15, -0.1) is 0 Å². The van der Waals surface area contributed by atoms with Crippen LogP contribution < -0.4 is 0 Å². The summed E-state index contributed by atoms with van der Waals surface area (Å²) in [6.45, 7) is 0. The molecule has 4 nitrogen and oxygen atoms in total. The number of oxazole rings is 1. The van der Waals surface area contributed by atoms with Crippen molar-refractivity contribution in [1.29, 1.82) is 0 Å². The lowest BCUT2D eigenvalue weighted by atomic mass is 10.1. The molecule has 0 aliphatic rings. The predicted octanol–water partition coefficient (Wildman–Crippen LogP) is 5.83. The highest BCUT2D eigenvalue weighted by Crippen LogP contribution is 2.33. The van der Waals surface area contributed by atoms with E-state index in [1.807, 2.05) is 36.4 Å². The van der Waals surface area contributed by atoms with Crippen molar-refractivity contribution in [3.05, 3.63) is 62.9 Å². The Bertz CT molecular complexity index is 1070. The minimum atomic E-state index is 0.289. The first kappa shape index (κ1) is 15.4. The fourth-order valence-electron chi connectivity index (χ4n) is 2.43. The van der Waals surface area contributed by atoms with Crippen LogP contribution in [-0.4, -0.2) is 11.3 Å². The van der Waals surface area contributed by atoms with Crippen LogP contribution in [0.1, 0.15) is 10.6 Å². The first-order valence-corrected chi connectivity index (χ1v) is 8.51. The number of rotatable bonds is 3. The van der Waals surface area contributed by atoms with Crippen LogP contribution in [-0.2, 0) is 0 Å². The summed E-state index contributed by atoms with van der Waals surface area (Å²) in [6.07, 6.45) is 0.676. The highest BCUT2D eigenvalue weighted by molar-refractivity contribution is 14.1. The number of hydrogen-bond acceptors (Lipinski definition) is 4. The number of aromatic nitrogens is 1. The van der Waals surface area contributed by atoms with Crippen molar-refractivity contribution in [3.8, 4) is 22.8 Å². The monoisotopic (exact) mass is 449 g/mol. The lowest BCUT2D eigenvalue weighted by Gasteiger charge is -1.99. The summed E-state index contributed by atoms with van der Waals surface area (Å²) in [4.78, 5) is 15.3. The smallest absolute Gasteiger partial charge is 0.228 e. The van der Waals surface area contributed by atoms with E-state index in [2.05, 4.69) is 27.6 Å². The zero-order valence-electron chi connectivity index (χ0n) is 12.1. The zero-order chi connectivity index (χ0) is 16.7. The first-order chi connectivity index (χ1) is 11.6. The van der Waals surface area contributed by atoms with Gasteiger partial charge in [0.05, 0.1) is 10.6 Å². The summed E-state index contributed by atoms with van der Waals surface area (Å²) in [7, 11) is 0. The van der Waals surface area contributed by atoms with Gasteiger partial charge >= 0.3 is 0 Å². The number of furan rings is 1. The molecule has 2 aromatic carbocycles. The molecule has 0 saturated carbocycles. The van der Waals surface area contributed by atoms with Crippen LogP contribution in [0.15, 0.2) is 57.4 Å². The Morgan fingerprint density at radius 2 is 1.92 bits per heavy atom. The molecule has 0 radical (unpaired) electrons. The van der Waals surface area contributed by atoms with E-state index in [-0.39, 0.29) is 5.76 Å². The molecule has 4 rings (SSSR count). The minimum Gasteiger partial charge on any atom is -0.453 e. The molecule has 0 saturated heterocycles. The molecule has 0 bridgehead atoms. The number of benzene rings is 2. The molecular weight excluding hydrogens is 441 g/mol. The number of carbonyl (C=O) groups is 1.